The zero-order valence-electron chi connectivity index (χ0n) is 35.1. The van der Waals surface area contributed by atoms with Gasteiger partial charge in [0.1, 0.15) is 0 Å². The van der Waals surface area contributed by atoms with Crippen LogP contribution in [-0.4, -0.2) is 34.9 Å². The Balaban J connectivity index is 3.57. The summed E-state index contributed by atoms with van der Waals surface area (Å²) in [5.41, 5.74) is 0. The van der Waals surface area contributed by atoms with E-state index in [1.165, 1.54) is 186 Å². The van der Waals surface area contributed by atoms with E-state index >= 15 is 0 Å². The van der Waals surface area contributed by atoms with Crippen molar-refractivity contribution in [2.75, 3.05) is 6.61 Å². The summed E-state index contributed by atoms with van der Waals surface area (Å²) in [6.07, 6.45) is 58.5. The quantitative estimate of drug-likeness (QED) is 0.0433. The fourth-order valence-corrected chi connectivity index (χ4v) is 7.03. The number of rotatable bonds is 42. The van der Waals surface area contributed by atoms with Crippen molar-refractivity contribution in [3.05, 3.63) is 36.5 Å². The van der Waals surface area contributed by atoms with E-state index in [9.17, 15) is 15.0 Å². The number of hydrogen-bond donors (Lipinski definition) is 3. The van der Waals surface area contributed by atoms with Gasteiger partial charge in [-0.15, -0.1) is 0 Å². The normalized spacial score (nSPS) is 13.2. The molecule has 0 aromatic rings. The van der Waals surface area contributed by atoms with Crippen molar-refractivity contribution in [2.45, 2.75) is 257 Å². The van der Waals surface area contributed by atoms with Crippen LogP contribution in [0.4, 0.5) is 0 Å². The molecule has 0 aromatic carbocycles. The highest BCUT2D eigenvalue weighted by atomic mass is 16.3. The van der Waals surface area contributed by atoms with Crippen LogP contribution in [0.3, 0.4) is 0 Å². The van der Waals surface area contributed by atoms with Crippen molar-refractivity contribution in [3.63, 3.8) is 0 Å². The Kier molecular flexibility index (Phi) is 42.8. The molecule has 0 radical (unpaired) electrons. The summed E-state index contributed by atoms with van der Waals surface area (Å²) >= 11 is 0. The lowest BCUT2D eigenvalue weighted by molar-refractivity contribution is -0.123. The van der Waals surface area contributed by atoms with Gasteiger partial charge in [0.2, 0.25) is 5.91 Å². The molecular weight excluding hydrogens is 639 g/mol. The van der Waals surface area contributed by atoms with Crippen LogP contribution in [0.5, 0.6) is 0 Å². The summed E-state index contributed by atoms with van der Waals surface area (Å²) in [6, 6.07) is -0.641. The molecule has 0 aliphatic heterocycles. The molecule has 0 spiro atoms. The Morgan fingerprint density at radius 1 is 0.442 bits per heavy atom. The molecule has 0 aliphatic carbocycles. The van der Waals surface area contributed by atoms with Gasteiger partial charge in [0, 0.05) is 6.42 Å². The molecule has 2 unspecified atom stereocenters. The van der Waals surface area contributed by atoms with Crippen LogP contribution in [0.15, 0.2) is 36.5 Å². The fraction of sp³-hybridized carbons (Fsp3) is 0.854. The average Bonchev–Trinajstić information content (AvgIpc) is 3.15. The van der Waals surface area contributed by atoms with E-state index in [1.807, 2.05) is 6.08 Å². The number of hydrogen-bond acceptors (Lipinski definition) is 3. The molecule has 0 bridgehead atoms. The predicted molar refractivity (Wildman–Crippen MR) is 230 cm³/mol. The minimum absolute atomic E-state index is 0.0778. The molecule has 0 aromatic heterocycles. The second-order valence-corrected chi connectivity index (χ2v) is 15.8. The van der Waals surface area contributed by atoms with Crippen molar-refractivity contribution >= 4 is 5.91 Å². The lowest BCUT2D eigenvalue weighted by Gasteiger charge is -2.19. The van der Waals surface area contributed by atoms with Crippen LogP contribution >= 0.6 is 0 Å². The van der Waals surface area contributed by atoms with Crippen molar-refractivity contribution in [1.82, 2.24) is 5.32 Å². The number of amides is 1. The van der Waals surface area contributed by atoms with Crippen molar-refractivity contribution < 1.29 is 15.0 Å². The molecule has 2 atom stereocenters. The van der Waals surface area contributed by atoms with Crippen LogP contribution in [0.25, 0.3) is 0 Å². The maximum absolute atomic E-state index is 12.3. The number of nitrogens with one attached hydrogen (secondary N) is 1. The highest BCUT2D eigenvalue weighted by Gasteiger charge is 2.17. The second-order valence-electron chi connectivity index (χ2n) is 15.8. The summed E-state index contributed by atoms with van der Waals surface area (Å²) in [4.78, 5) is 12.3. The number of carbonyl (C=O) groups is 1. The number of carbonyl (C=O) groups excluding carboxylic acids is 1. The maximum atomic E-state index is 12.3. The van der Waals surface area contributed by atoms with E-state index in [-0.39, 0.29) is 12.5 Å². The molecule has 0 aliphatic rings. The molecular formula is C48H91NO3. The van der Waals surface area contributed by atoms with Gasteiger partial charge in [0.15, 0.2) is 0 Å². The van der Waals surface area contributed by atoms with Gasteiger partial charge in [-0.1, -0.05) is 230 Å². The zero-order chi connectivity index (χ0) is 37.8. The number of unbranched alkanes of at least 4 members (excludes halogenated alkanes) is 31. The first-order valence-electron chi connectivity index (χ1n) is 23.2. The SMILES string of the molecule is CCCCCCCCCCCCCCCCCCCC/C=C/CC/C=C/CC/C=C/C(O)C(CO)NC(=O)CCCCCCCCCCCCCC. The first-order chi connectivity index (χ1) is 25.7. The fourth-order valence-electron chi connectivity index (χ4n) is 7.03. The first-order valence-corrected chi connectivity index (χ1v) is 23.2. The highest BCUT2D eigenvalue weighted by Crippen LogP contribution is 2.15. The Morgan fingerprint density at radius 2 is 0.750 bits per heavy atom. The summed E-state index contributed by atoms with van der Waals surface area (Å²) in [5, 5.41) is 23.0. The van der Waals surface area contributed by atoms with E-state index < -0.39 is 12.1 Å². The number of aliphatic hydroxyl groups is 2. The molecule has 0 saturated carbocycles. The Hall–Kier alpha value is -1.39. The lowest BCUT2D eigenvalue weighted by Crippen LogP contribution is -2.45. The largest absolute Gasteiger partial charge is 0.394 e. The Labute approximate surface area is 325 Å². The molecule has 0 rings (SSSR count). The van der Waals surface area contributed by atoms with Crippen molar-refractivity contribution in [2.24, 2.45) is 0 Å². The third-order valence-corrected chi connectivity index (χ3v) is 10.6. The maximum Gasteiger partial charge on any atom is 0.220 e. The molecule has 3 N–H and O–H groups in total. The molecule has 0 heterocycles. The van der Waals surface area contributed by atoms with Crippen LogP contribution in [0, 0.1) is 0 Å². The van der Waals surface area contributed by atoms with Gasteiger partial charge < -0.3 is 15.5 Å². The highest BCUT2D eigenvalue weighted by molar-refractivity contribution is 5.76. The second kappa shape index (κ2) is 44.0. The first kappa shape index (κ1) is 50.6. The number of aliphatic hydroxyl groups excluding tert-OH is 2. The van der Waals surface area contributed by atoms with Gasteiger partial charge in [0.25, 0.3) is 0 Å². The van der Waals surface area contributed by atoms with E-state index in [1.54, 1.807) is 6.08 Å². The van der Waals surface area contributed by atoms with Gasteiger partial charge >= 0.3 is 0 Å². The van der Waals surface area contributed by atoms with Crippen LogP contribution < -0.4 is 5.32 Å². The standard InChI is InChI=1S/C48H91NO3/c1-3-5-7-9-11-13-15-17-18-19-20-21-22-23-24-25-26-27-28-29-30-31-32-33-35-37-39-41-43-47(51)46(45-50)49-48(52)44-42-40-38-36-34-16-14-12-10-8-6-4-2/h29-30,33,35,41,43,46-47,50-51H,3-28,31-32,34,36-40,42,44-45H2,1-2H3,(H,49,52)/b30-29+,35-33+,43-41+. The zero-order valence-corrected chi connectivity index (χ0v) is 35.1. The smallest absolute Gasteiger partial charge is 0.220 e. The van der Waals surface area contributed by atoms with Gasteiger partial charge in [-0.05, 0) is 44.9 Å². The average molecular weight is 730 g/mol. The monoisotopic (exact) mass is 730 g/mol. The lowest BCUT2D eigenvalue weighted by atomic mass is 10.0. The summed E-state index contributed by atoms with van der Waals surface area (Å²) in [6.45, 7) is 4.30. The van der Waals surface area contributed by atoms with E-state index in [0.29, 0.717) is 6.42 Å². The van der Waals surface area contributed by atoms with Crippen LogP contribution in [0.2, 0.25) is 0 Å². The molecule has 306 valence electrons. The topological polar surface area (TPSA) is 69.6 Å². The predicted octanol–water partition coefficient (Wildman–Crippen LogP) is 14.6. The van der Waals surface area contributed by atoms with Gasteiger partial charge in [0.05, 0.1) is 18.8 Å². The van der Waals surface area contributed by atoms with E-state index in [0.717, 1.165) is 38.5 Å². The van der Waals surface area contributed by atoms with Crippen molar-refractivity contribution in [1.29, 1.82) is 0 Å². The van der Waals surface area contributed by atoms with E-state index in [4.69, 9.17) is 0 Å². The molecule has 4 nitrogen and oxygen atoms in total. The van der Waals surface area contributed by atoms with Gasteiger partial charge in [-0.25, -0.2) is 0 Å². The number of allylic oxidation sites excluding steroid dienone is 5. The van der Waals surface area contributed by atoms with Crippen LogP contribution in [0.1, 0.15) is 245 Å². The van der Waals surface area contributed by atoms with E-state index in [2.05, 4.69) is 43.5 Å². The van der Waals surface area contributed by atoms with Gasteiger partial charge in [-0.3, -0.25) is 4.79 Å². The summed E-state index contributed by atoms with van der Waals surface area (Å²) in [5.74, 6) is -0.0778. The molecule has 52 heavy (non-hydrogen) atoms. The minimum atomic E-state index is -0.867. The third-order valence-electron chi connectivity index (χ3n) is 10.6. The Morgan fingerprint density at radius 3 is 1.12 bits per heavy atom. The minimum Gasteiger partial charge on any atom is -0.394 e. The van der Waals surface area contributed by atoms with Crippen LogP contribution in [-0.2, 0) is 4.79 Å². The summed E-state index contributed by atoms with van der Waals surface area (Å²) < 4.78 is 0. The van der Waals surface area contributed by atoms with Gasteiger partial charge in [-0.2, -0.15) is 0 Å². The summed E-state index contributed by atoms with van der Waals surface area (Å²) in [7, 11) is 0. The molecule has 0 saturated heterocycles. The molecule has 0 fully saturated rings. The third kappa shape index (κ3) is 39.8. The molecule has 4 heteroatoms. The molecule has 1 amide bonds. The van der Waals surface area contributed by atoms with Crippen molar-refractivity contribution in [3.8, 4) is 0 Å². The Bertz CT molecular complexity index is 790.